The van der Waals surface area contributed by atoms with Crippen molar-refractivity contribution in [2.24, 2.45) is 0 Å². The smallest absolute Gasteiger partial charge is 0.339 e. The molecule has 1 unspecified atom stereocenters. The van der Waals surface area contributed by atoms with E-state index in [4.69, 9.17) is 25.8 Å². The van der Waals surface area contributed by atoms with E-state index in [1.54, 1.807) is 60.7 Å². The number of rotatable bonds is 7. The Labute approximate surface area is 173 Å². The molecule has 0 radical (unpaired) electrons. The summed E-state index contributed by atoms with van der Waals surface area (Å²) in [6, 6.07) is 19.9. The van der Waals surface area contributed by atoms with Crippen LogP contribution in [0.2, 0.25) is 5.02 Å². The first-order valence-corrected chi connectivity index (χ1v) is 9.19. The van der Waals surface area contributed by atoms with Gasteiger partial charge in [-0.2, -0.15) is 0 Å². The van der Waals surface area contributed by atoms with Crippen LogP contribution in [0.3, 0.4) is 0 Å². The number of carbonyl (C=O) groups is 2. The number of hydrogen-bond donors (Lipinski definition) is 0. The molecule has 0 saturated heterocycles. The van der Waals surface area contributed by atoms with Gasteiger partial charge in [0, 0.05) is 16.1 Å². The molecule has 0 saturated carbocycles. The number of halogens is 1. The van der Waals surface area contributed by atoms with Gasteiger partial charge in [-0.1, -0.05) is 54.1 Å². The second-order valence-electron chi connectivity index (χ2n) is 6.14. The molecule has 29 heavy (non-hydrogen) atoms. The van der Waals surface area contributed by atoms with Crippen LogP contribution in [-0.4, -0.2) is 26.0 Å². The van der Waals surface area contributed by atoms with Crippen molar-refractivity contribution in [3.05, 3.63) is 94.5 Å². The predicted octanol–water partition coefficient (Wildman–Crippen LogP) is 5.14. The third kappa shape index (κ3) is 4.76. The molecule has 0 aliphatic heterocycles. The molecular formula is C23H19ClO5. The molecule has 0 amide bonds. The predicted molar refractivity (Wildman–Crippen MR) is 110 cm³/mol. The fourth-order valence-electron chi connectivity index (χ4n) is 2.80. The largest absolute Gasteiger partial charge is 0.493 e. The van der Waals surface area contributed by atoms with Crippen molar-refractivity contribution in [1.29, 1.82) is 0 Å². The minimum Gasteiger partial charge on any atom is -0.493 e. The summed E-state index contributed by atoms with van der Waals surface area (Å²) in [4.78, 5) is 25.9. The fraction of sp³-hybridized carbons (Fsp3) is 0.130. The molecular weight excluding hydrogens is 392 g/mol. The Morgan fingerprint density at radius 3 is 2.07 bits per heavy atom. The summed E-state index contributed by atoms with van der Waals surface area (Å²) >= 11 is 5.96. The zero-order chi connectivity index (χ0) is 20.8. The molecule has 0 heterocycles. The summed E-state index contributed by atoms with van der Waals surface area (Å²) in [6.45, 7) is 0. The zero-order valence-electron chi connectivity index (χ0n) is 15.9. The van der Waals surface area contributed by atoms with Gasteiger partial charge in [-0.25, -0.2) is 4.79 Å². The average Bonchev–Trinajstić information content (AvgIpc) is 2.77. The Hall–Kier alpha value is -3.31. The summed E-state index contributed by atoms with van der Waals surface area (Å²) in [6.07, 6.45) is -1.12. The van der Waals surface area contributed by atoms with Crippen LogP contribution < -0.4 is 9.47 Å². The van der Waals surface area contributed by atoms with E-state index in [0.717, 1.165) is 0 Å². The number of hydrogen-bond acceptors (Lipinski definition) is 5. The van der Waals surface area contributed by atoms with E-state index in [1.165, 1.54) is 20.3 Å². The lowest BCUT2D eigenvalue weighted by Gasteiger charge is -2.18. The first kappa shape index (κ1) is 20.4. The maximum atomic E-state index is 13.1. The molecule has 5 nitrogen and oxygen atoms in total. The van der Waals surface area contributed by atoms with Gasteiger partial charge in [0.05, 0.1) is 19.8 Å². The molecule has 3 aromatic rings. The van der Waals surface area contributed by atoms with Crippen molar-refractivity contribution >= 4 is 23.4 Å². The number of carbonyl (C=O) groups excluding carboxylic acids is 2. The van der Waals surface area contributed by atoms with Crippen molar-refractivity contribution in [3.63, 3.8) is 0 Å². The fourth-order valence-corrected chi connectivity index (χ4v) is 2.93. The summed E-state index contributed by atoms with van der Waals surface area (Å²) in [7, 11) is 2.98. The van der Waals surface area contributed by atoms with Gasteiger partial charge in [-0.15, -0.1) is 0 Å². The number of esters is 1. The lowest BCUT2D eigenvalue weighted by Crippen LogP contribution is -2.20. The van der Waals surface area contributed by atoms with Crippen LogP contribution in [0.25, 0.3) is 0 Å². The van der Waals surface area contributed by atoms with Crippen LogP contribution in [0.1, 0.15) is 32.4 Å². The monoisotopic (exact) mass is 410 g/mol. The van der Waals surface area contributed by atoms with Crippen molar-refractivity contribution < 1.29 is 23.8 Å². The van der Waals surface area contributed by atoms with Gasteiger partial charge in [0.15, 0.2) is 17.6 Å². The average molecular weight is 411 g/mol. The molecule has 1 atom stereocenters. The highest BCUT2D eigenvalue weighted by Crippen LogP contribution is 2.30. The quantitative estimate of drug-likeness (QED) is 0.398. The summed E-state index contributed by atoms with van der Waals surface area (Å²) in [5, 5.41) is 0.519. The maximum Gasteiger partial charge on any atom is 0.339 e. The van der Waals surface area contributed by atoms with Crippen LogP contribution in [0.4, 0.5) is 0 Å². The Morgan fingerprint density at radius 2 is 1.45 bits per heavy atom. The normalized spacial score (nSPS) is 11.4. The minimum atomic E-state index is -1.12. The van der Waals surface area contributed by atoms with Crippen LogP contribution in [0.15, 0.2) is 72.8 Å². The Morgan fingerprint density at radius 1 is 0.793 bits per heavy atom. The van der Waals surface area contributed by atoms with Crippen LogP contribution in [0, 0.1) is 0 Å². The van der Waals surface area contributed by atoms with Crippen molar-refractivity contribution in [2.45, 2.75) is 6.10 Å². The third-order valence-corrected chi connectivity index (χ3v) is 4.57. The van der Waals surface area contributed by atoms with E-state index in [9.17, 15) is 9.59 Å². The standard InChI is InChI=1S/C23H19ClO5/c1-27-19-13-10-17(14-20(19)28-2)23(26)29-22(16-8-11-18(24)12-9-16)21(25)15-6-4-3-5-7-15/h3-14,22H,1-2H3. The Kier molecular flexibility index (Phi) is 6.52. The van der Waals surface area contributed by atoms with Gasteiger partial charge in [-0.05, 0) is 30.3 Å². The van der Waals surface area contributed by atoms with Crippen molar-refractivity contribution in [2.75, 3.05) is 14.2 Å². The highest BCUT2D eigenvalue weighted by Gasteiger charge is 2.27. The maximum absolute atomic E-state index is 13.1. The lowest BCUT2D eigenvalue weighted by molar-refractivity contribution is 0.0279. The van der Waals surface area contributed by atoms with E-state index >= 15 is 0 Å². The highest BCUT2D eigenvalue weighted by atomic mass is 35.5. The number of methoxy groups -OCH3 is 2. The van der Waals surface area contributed by atoms with Gasteiger partial charge in [0.2, 0.25) is 5.78 Å². The van der Waals surface area contributed by atoms with Gasteiger partial charge in [0.1, 0.15) is 0 Å². The van der Waals surface area contributed by atoms with Crippen LogP contribution >= 0.6 is 11.6 Å². The second kappa shape index (κ2) is 9.26. The molecule has 148 valence electrons. The van der Waals surface area contributed by atoms with Gasteiger partial charge in [0.25, 0.3) is 0 Å². The SMILES string of the molecule is COc1ccc(C(=O)OC(C(=O)c2ccccc2)c2ccc(Cl)cc2)cc1OC. The summed E-state index contributed by atoms with van der Waals surface area (Å²) < 4.78 is 16.0. The lowest BCUT2D eigenvalue weighted by atomic mass is 9.99. The number of ketones is 1. The second-order valence-corrected chi connectivity index (χ2v) is 6.57. The number of Topliss-reactive ketones (excluding diaryl/α,β-unsaturated/α-hetero) is 1. The molecule has 0 aliphatic carbocycles. The van der Waals surface area contributed by atoms with Gasteiger partial charge >= 0.3 is 5.97 Å². The van der Waals surface area contributed by atoms with E-state index in [1.807, 2.05) is 6.07 Å². The molecule has 0 aliphatic rings. The topological polar surface area (TPSA) is 61.8 Å². The molecule has 0 aromatic heterocycles. The molecule has 3 aromatic carbocycles. The van der Waals surface area contributed by atoms with Crippen molar-refractivity contribution in [1.82, 2.24) is 0 Å². The summed E-state index contributed by atoms with van der Waals surface area (Å²) in [5.41, 5.74) is 1.20. The molecule has 0 N–H and O–H groups in total. The highest BCUT2D eigenvalue weighted by molar-refractivity contribution is 6.30. The third-order valence-electron chi connectivity index (χ3n) is 4.31. The first-order chi connectivity index (χ1) is 14.0. The van der Waals surface area contributed by atoms with Gasteiger partial charge in [-0.3, -0.25) is 4.79 Å². The van der Waals surface area contributed by atoms with E-state index < -0.39 is 12.1 Å². The van der Waals surface area contributed by atoms with Crippen molar-refractivity contribution in [3.8, 4) is 11.5 Å². The van der Waals surface area contributed by atoms with Crippen LogP contribution in [-0.2, 0) is 4.74 Å². The number of benzene rings is 3. The summed E-state index contributed by atoms with van der Waals surface area (Å²) in [5.74, 6) is -0.116. The van der Waals surface area contributed by atoms with E-state index in [0.29, 0.717) is 27.6 Å². The molecule has 0 bridgehead atoms. The van der Waals surface area contributed by atoms with Crippen LogP contribution in [0.5, 0.6) is 11.5 Å². The molecule has 3 rings (SSSR count). The Bertz CT molecular complexity index is 1000. The van der Waals surface area contributed by atoms with E-state index in [-0.39, 0.29) is 11.3 Å². The minimum absolute atomic E-state index is 0.238. The van der Waals surface area contributed by atoms with E-state index in [2.05, 4.69) is 0 Å². The molecule has 6 heteroatoms. The molecule has 0 fully saturated rings. The zero-order valence-corrected chi connectivity index (χ0v) is 16.7. The number of ether oxygens (including phenoxy) is 3. The first-order valence-electron chi connectivity index (χ1n) is 8.81. The Balaban J connectivity index is 1.93. The molecule has 0 spiro atoms. The van der Waals surface area contributed by atoms with Gasteiger partial charge < -0.3 is 14.2 Å².